The molecule has 0 unspecified atom stereocenters. The molecule has 0 spiro atoms. The second kappa shape index (κ2) is 11.2. The highest BCUT2D eigenvalue weighted by Crippen LogP contribution is 2.35. The molecule has 7 rings (SSSR count). The Hall–Kier alpha value is -5.08. The van der Waals surface area contributed by atoms with Crippen molar-refractivity contribution in [2.75, 3.05) is 0 Å². The van der Waals surface area contributed by atoms with Gasteiger partial charge in [0.05, 0.1) is 22.2 Å². The summed E-state index contributed by atoms with van der Waals surface area (Å²) in [4.78, 5) is 0. The number of rotatable bonds is 5. The molecule has 0 aliphatic rings. The van der Waals surface area contributed by atoms with Gasteiger partial charge in [0, 0.05) is 33.1 Å². The molecule has 0 atom stereocenters. The molecular formula is C39H34N2. The number of hydrogen-bond donors (Lipinski definition) is 0. The van der Waals surface area contributed by atoms with Crippen molar-refractivity contribution in [3.05, 3.63) is 145 Å². The lowest BCUT2D eigenvalue weighted by molar-refractivity contribution is 1.10. The van der Waals surface area contributed by atoms with Crippen molar-refractivity contribution >= 4 is 44.9 Å². The van der Waals surface area contributed by atoms with Crippen molar-refractivity contribution in [2.24, 2.45) is 0 Å². The Morgan fingerprint density at radius 3 is 1.51 bits per heavy atom. The van der Waals surface area contributed by atoms with E-state index in [1.807, 2.05) is 19.9 Å². The molecule has 200 valence electrons. The fourth-order valence-electron chi connectivity index (χ4n) is 5.95. The van der Waals surface area contributed by atoms with Crippen LogP contribution in [0.1, 0.15) is 32.0 Å². The first-order chi connectivity index (χ1) is 20.3. The third kappa shape index (κ3) is 4.38. The number of allylic oxidation sites excluding steroid dienone is 1. The summed E-state index contributed by atoms with van der Waals surface area (Å²) in [5, 5.41) is 3.75. The quantitative estimate of drug-likeness (QED) is 0.209. The molecule has 0 N–H and O–H groups in total. The Morgan fingerprint density at radius 2 is 1.00 bits per heavy atom. The fraction of sp³-hybridized carbons (Fsp3) is 0.0769. The van der Waals surface area contributed by atoms with Gasteiger partial charge in [-0.05, 0) is 66.6 Å². The van der Waals surface area contributed by atoms with Crippen molar-refractivity contribution in [1.82, 2.24) is 9.13 Å². The molecule has 0 saturated carbocycles. The van der Waals surface area contributed by atoms with E-state index >= 15 is 0 Å². The maximum Gasteiger partial charge on any atom is 0.0541 e. The summed E-state index contributed by atoms with van der Waals surface area (Å²) in [6.07, 6.45) is 6.23. The van der Waals surface area contributed by atoms with Crippen LogP contribution < -0.4 is 0 Å². The molecule has 2 heteroatoms. The van der Waals surface area contributed by atoms with Crippen molar-refractivity contribution in [3.63, 3.8) is 0 Å². The van der Waals surface area contributed by atoms with Gasteiger partial charge in [-0.15, -0.1) is 0 Å². The minimum absolute atomic E-state index is 1.13. The Kier molecular flexibility index (Phi) is 7.14. The van der Waals surface area contributed by atoms with Crippen LogP contribution in [0, 0.1) is 0 Å². The second-order valence-electron chi connectivity index (χ2n) is 9.83. The average Bonchev–Trinajstić information content (AvgIpc) is 3.55. The molecule has 0 saturated heterocycles. The zero-order chi connectivity index (χ0) is 28.3. The number of fused-ring (bicyclic) bond motifs is 4. The van der Waals surface area contributed by atoms with E-state index in [-0.39, 0.29) is 0 Å². The Labute approximate surface area is 242 Å². The SMILES string of the molecule is C=Cc1c(/C=C\C)n(-c2cccc(-c3cccc(-n4c5ccccc5c5ccccc54)c3)c2)c2ccccc12.CC. The van der Waals surface area contributed by atoms with Crippen LogP contribution in [0.15, 0.2) is 134 Å². The van der Waals surface area contributed by atoms with E-state index in [9.17, 15) is 0 Å². The van der Waals surface area contributed by atoms with Gasteiger partial charge in [0.2, 0.25) is 0 Å². The van der Waals surface area contributed by atoms with Crippen LogP contribution in [0.5, 0.6) is 0 Å². The van der Waals surface area contributed by atoms with Crippen LogP contribution in [0.2, 0.25) is 0 Å². The average molecular weight is 531 g/mol. The maximum atomic E-state index is 4.12. The lowest BCUT2D eigenvalue weighted by Gasteiger charge is -2.13. The van der Waals surface area contributed by atoms with Crippen LogP contribution in [-0.4, -0.2) is 9.13 Å². The summed E-state index contributed by atoms with van der Waals surface area (Å²) in [5.41, 5.74) is 10.6. The third-order valence-corrected chi connectivity index (χ3v) is 7.60. The van der Waals surface area contributed by atoms with Gasteiger partial charge in [-0.3, -0.25) is 0 Å². The van der Waals surface area contributed by atoms with Crippen LogP contribution in [0.25, 0.3) is 67.4 Å². The predicted octanol–water partition coefficient (Wildman–Crippen LogP) is 11.1. The largest absolute Gasteiger partial charge is 0.309 e. The summed E-state index contributed by atoms with van der Waals surface area (Å²) in [6, 6.07) is 43.5. The summed E-state index contributed by atoms with van der Waals surface area (Å²) < 4.78 is 4.71. The minimum Gasteiger partial charge on any atom is -0.309 e. The van der Waals surface area contributed by atoms with Gasteiger partial charge in [0.15, 0.2) is 0 Å². The molecule has 0 bridgehead atoms. The Morgan fingerprint density at radius 1 is 0.537 bits per heavy atom. The number of para-hydroxylation sites is 3. The highest BCUT2D eigenvalue weighted by atomic mass is 15.0. The summed E-state index contributed by atoms with van der Waals surface area (Å²) in [5.74, 6) is 0. The Bertz CT molecular complexity index is 1990. The van der Waals surface area contributed by atoms with Crippen LogP contribution in [-0.2, 0) is 0 Å². The van der Waals surface area contributed by atoms with E-state index in [0.717, 1.165) is 22.6 Å². The van der Waals surface area contributed by atoms with Gasteiger partial charge in [-0.1, -0.05) is 111 Å². The minimum atomic E-state index is 1.13. The number of benzene rings is 5. The lowest BCUT2D eigenvalue weighted by atomic mass is 10.0. The fourth-order valence-corrected chi connectivity index (χ4v) is 5.95. The first kappa shape index (κ1) is 26.2. The molecule has 2 nitrogen and oxygen atoms in total. The first-order valence-corrected chi connectivity index (χ1v) is 14.4. The molecule has 41 heavy (non-hydrogen) atoms. The summed E-state index contributed by atoms with van der Waals surface area (Å²) in [7, 11) is 0. The van der Waals surface area contributed by atoms with Crippen molar-refractivity contribution < 1.29 is 0 Å². The van der Waals surface area contributed by atoms with Crippen LogP contribution >= 0.6 is 0 Å². The molecular weight excluding hydrogens is 496 g/mol. The highest BCUT2D eigenvalue weighted by molar-refractivity contribution is 6.09. The smallest absolute Gasteiger partial charge is 0.0541 e. The molecule has 7 aromatic rings. The van der Waals surface area contributed by atoms with Gasteiger partial charge in [-0.25, -0.2) is 0 Å². The Balaban J connectivity index is 0.00000148. The van der Waals surface area contributed by atoms with E-state index < -0.39 is 0 Å². The standard InChI is InChI=1S/C37H28N2.C2H6/c1-3-13-34-30(4-2)31-18-5-8-21-35(31)38(34)28-16-11-14-26(24-28)27-15-12-17-29(25-27)39-36-22-9-6-19-32(36)33-20-7-10-23-37(33)39;1-2/h3-25H,2H2,1H3;1-2H3/b13-3-;. The highest BCUT2D eigenvalue weighted by Gasteiger charge is 2.16. The zero-order valence-electron chi connectivity index (χ0n) is 23.9. The van der Waals surface area contributed by atoms with E-state index in [1.165, 1.54) is 43.8 Å². The monoisotopic (exact) mass is 530 g/mol. The van der Waals surface area contributed by atoms with E-state index in [2.05, 4.69) is 156 Å². The summed E-state index contributed by atoms with van der Waals surface area (Å²) in [6.45, 7) is 10.2. The van der Waals surface area contributed by atoms with Crippen LogP contribution in [0.3, 0.4) is 0 Å². The van der Waals surface area contributed by atoms with Gasteiger partial charge in [0.25, 0.3) is 0 Å². The van der Waals surface area contributed by atoms with E-state index in [4.69, 9.17) is 0 Å². The molecule has 0 radical (unpaired) electrons. The zero-order valence-corrected chi connectivity index (χ0v) is 23.9. The molecule has 2 aromatic heterocycles. The number of hydrogen-bond acceptors (Lipinski definition) is 0. The third-order valence-electron chi connectivity index (χ3n) is 7.60. The molecule has 0 fully saturated rings. The second-order valence-corrected chi connectivity index (χ2v) is 9.83. The first-order valence-electron chi connectivity index (χ1n) is 14.4. The maximum absolute atomic E-state index is 4.12. The van der Waals surface area contributed by atoms with Gasteiger partial charge in [0.1, 0.15) is 0 Å². The van der Waals surface area contributed by atoms with Crippen molar-refractivity contribution in [3.8, 4) is 22.5 Å². The molecule has 2 heterocycles. The predicted molar refractivity (Wildman–Crippen MR) is 179 cm³/mol. The van der Waals surface area contributed by atoms with E-state index in [1.54, 1.807) is 0 Å². The van der Waals surface area contributed by atoms with Crippen LogP contribution in [0.4, 0.5) is 0 Å². The van der Waals surface area contributed by atoms with Gasteiger partial charge in [-0.2, -0.15) is 0 Å². The summed E-state index contributed by atoms with van der Waals surface area (Å²) >= 11 is 0. The topological polar surface area (TPSA) is 9.86 Å². The molecule has 0 aliphatic carbocycles. The van der Waals surface area contributed by atoms with Gasteiger partial charge < -0.3 is 9.13 Å². The number of aromatic nitrogens is 2. The lowest BCUT2D eigenvalue weighted by Crippen LogP contribution is -1.98. The van der Waals surface area contributed by atoms with Crippen molar-refractivity contribution in [1.29, 1.82) is 0 Å². The van der Waals surface area contributed by atoms with Gasteiger partial charge >= 0.3 is 0 Å². The molecule has 0 amide bonds. The normalized spacial score (nSPS) is 11.3. The molecule has 0 aliphatic heterocycles. The van der Waals surface area contributed by atoms with E-state index in [0.29, 0.717) is 0 Å². The van der Waals surface area contributed by atoms with Crippen molar-refractivity contribution in [2.45, 2.75) is 20.8 Å². The molecule has 5 aromatic carbocycles. The number of nitrogens with zero attached hydrogens (tertiary/aromatic N) is 2.